The highest BCUT2D eigenvalue weighted by Crippen LogP contribution is 2.45. The predicted octanol–water partition coefficient (Wildman–Crippen LogP) is 5.26. The fourth-order valence-corrected chi connectivity index (χ4v) is 6.46. The Morgan fingerprint density at radius 3 is 2.48 bits per heavy atom. The van der Waals surface area contributed by atoms with Crippen molar-refractivity contribution in [2.75, 3.05) is 23.0 Å². The molecule has 11 nitrogen and oxygen atoms in total. The average Bonchev–Trinajstić information content (AvgIpc) is 3.43. The molecule has 42 heavy (non-hydrogen) atoms. The Balaban J connectivity index is 1.67. The van der Waals surface area contributed by atoms with E-state index in [9.17, 15) is 18.5 Å². The second-order valence-corrected chi connectivity index (χ2v) is 12.3. The number of anilines is 2. The molecule has 2 N–H and O–H groups in total. The summed E-state index contributed by atoms with van der Waals surface area (Å²) in [5, 5.41) is 15.3. The van der Waals surface area contributed by atoms with E-state index in [4.69, 9.17) is 17.0 Å². The van der Waals surface area contributed by atoms with Crippen molar-refractivity contribution in [1.29, 1.82) is 0 Å². The molecule has 5 rings (SSSR count). The number of methoxy groups -OCH3 is 1. The topological polar surface area (TPSA) is 132 Å². The molecule has 2 unspecified atom stereocenters. The van der Waals surface area contributed by atoms with E-state index in [0.717, 1.165) is 40.2 Å². The van der Waals surface area contributed by atoms with Gasteiger partial charge >= 0.3 is 0 Å². The average molecular weight is 607 g/mol. The van der Waals surface area contributed by atoms with Gasteiger partial charge in [-0.3, -0.25) is 19.8 Å². The number of sulfonamides is 1. The maximum atomic E-state index is 11.9. The number of nitrogens with one attached hydrogen (secondary N) is 2. The minimum Gasteiger partial charge on any atom is -0.494 e. The van der Waals surface area contributed by atoms with E-state index in [2.05, 4.69) is 21.1 Å². The van der Waals surface area contributed by atoms with Gasteiger partial charge in [0.15, 0.2) is 5.11 Å². The Bertz CT molecular complexity index is 1810. The van der Waals surface area contributed by atoms with Crippen molar-refractivity contribution in [1.82, 2.24) is 14.9 Å². The van der Waals surface area contributed by atoms with Crippen molar-refractivity contribution in [2.45, 2.75) is 32.9 Å². The van der Waals surface area contributed by atoms with E-state index in [1.165, 1.54) is 19.2 Å². The van der Waals surface area contributed by atoms with Crippen molar-refractivity contribution < 1.29 is 18.1 Å². The molecule has 0 bridgehead atoms. The van der Waals surface area contributed by atoms with Crippen LogP contribution in [-0.4, -0.2) is 41.4 Å². The summed E-state index contributed by atoms with van der Waals surface area (Å²) in [6, 6.07) is 17.2. The summed E-state index contributed by atoms with van der Waals surface area (Å²) < 4.78 is 33.9. The zero-order valence-electron chi connectivity index (χ0n) is 23.7. The molecule has 2 aromatic carbocycles. The molecule has 13 heteroatoms. The Hall–Kier alpha value is -4.49. The molecule has 0 aliphatic carbocycles. The zero-order valence-corrected chi connectivity index (χ0v) is 25.3. The minimum atomic E-state index is -3.45. The first-order valence-corrected chi connectivity index (χ1v) is 15.3. The summed E-state index contributed by atoms with van der Waals surface area (Å²) >= 11 is 5.88. The highest BCUT2D eigenvalue weighted by atomic mass is 32.2. The van der Waals surface area contributed by atoms with Crippen molar-refractivity contribution in [3.8, 4) is 11.4 Å². The van der Waals surface area contributed by atoms with Crippen LogP contribution >= 0.6 is 12.2 Å². The van der Waals surface area contributed by atoms with Crippen LogP contribution in [0.5, 0.6) is 5.75 Å². The summed E-state index contributed by atoms with van der Waals surface area (Å²) in [7, 11) is -1.96. The molecular formula is C29H30N6O5S2. The normalized spacial score (nSPS) is 16.8. The van der Waals surface area contributed by atoms with E-state index in [-0.39, 0.29) is 17.8 Å². The van der Waals surface area contributed by atoms with Gasteiger partial charge in [-0.25, -0.2) is 8.42 Å². The molecule has 0 radical (unpaired) electrons. The van der Waals surface area contributed by atoms with Crippen LogP contribution in [0.15, 0.2) is 66.9 Å². The first kappa shape index (κ1) is 29.0. The van der Waals surface area contributed by atoms with Gasteiger partial charge in [0.1, 0.15) is 5.75 Å². The molecule has 3 heterocycles. The van der Waals surface area contributed by atoms with E-state index >= 15 is 0 Å². The molecule has 0 saturated carbocycles. The lowest BCUT2D eigenvalue weighted by Gasteiger charge is -2.29. The molecule has 1 aliphatic rings. The number of thiocarbonyl (C=S) groups is 1. The van der Waals surface area contributed by atoms with Gasteiger partial charge in [-0.05, 0) is 86.6 Å². The molecule has 2 aromatic heterocycles. The third-order valence-corrected chi connectivity index (χ3v) is 8.19. The zero-order chi connectivity index (χ0) is 30.3. The highest BCUT2D eigenvalue weighted by molar-refractivity contribution is 7.92. The lowest BCUT2D eigenvalue weighted by atomic mass is 9.96. The molecular weight excluding hydrogens is 576 g/mol. The number of non-ortho nitro benzene ring substituents is 1. The van der Waals surface area contributed by atoms with Gasteiger partial charge in [-0.1, -0.05) is 6.07 Å². The lowest BCUT2D eigenvalue weighted by molar-refractivity contribution is -0.384. The minimum absolute atomic E-state index is 0.0609. The van der Waals surface area contributed by atoms with E-state index in [1.54, 1.807) is 18.3 Å². The lowest BCUT2D eigenvalue weighted by Crippen LogP contribution is -2.29. The quantitative estimate of drug-likeness (QED) is 0.157. The number of rotatable bonds is 8. The summed E-state index contributed by atoms with van der Waals surface area (Å²) in [4.78, 5) is 17.6. The molecule has 2 atom stereocenters. The van der Waals surface area contributed by atoms with Gasteiger partial charge in [-0.2, -0.15) is 0 Å². The van der Waals surface area contributed by atoms with Crippen molar-refractivity contribution in [3.05, 3.63) is 105 Å². The number of aromatic nitrogens is 2. The standard InChI is InChI=1S/C29H30N6O5S2/c1-17-14-20(9-11-23(17)32-42(5,38)39)34-28(27(31-29(34)41)24-8-6-7-13-30-24)22-15-18(2)33(19(22)3)25-12-10-21(35(36)37)16-26(25)40-4/h6-16,27-28,32H,1-5H3,(H,31,41). The maximum Gasteiger partial charge on any atom is 0.273 e. The number of nitrogens with zero attached hydrogens (tertiary/aromatic N) is 4. The molecule has 0 spiro atoms. The predicted molar refractivity (Wildman–Crippen MR) is 166 cm³/mol. The third-order valence-electron chi connectivity index (χ3n) is 7.29. The van der Waals surface area contributed by atoms with Crippen LogP contribution in [0.2, 0.25) is 0 Å². The van der Waals surface area contributed by atoms with Crippen molar-refractivity contribution >= 4 is 44.4 Å². The first-order chi connectivity index (χ1) is 19.9. The van der Waals surface area contributed by atoms with Crippen LogP contribution in [0, 0.1) is 30.9 Å². The number of pyridine rings is 1. The van der Waals surface area contributed by atoms with Crippen LogP contribution in [0.25, 0.3) is 5.69 Å². The molecule has 218 valence electrons. The molecule has 1 fully saturated rings. The number of hydrogen-bond acceptors (Lipinski definition) is 7. The fourth-order valence-electron chi connectivity index (χ4n) is 5.48. The molecule has 1 aliphatic heterocycles. The van der Waals surface area contributed by atoms with Crippen LogP contribution in [0.4, 0.5) is 17.1 Å². The second-order valence-electron chi connectivity index (χ2n) is 10.1. The van der Waals surface area contributed by atoms with Gasteiger partial charge < -0.3 is 19.5 Å². The number of hydrogen-bond donors (Lipinski definition) is 2. The number of nitro benzene ring substituents is 1. The van der Waals surface area contributed by atoms with Gasteiger partial charge in [-0.15, -0.1) is 0 Å². The summed E-state index contributed by atoms with van der Waals surface area (Å²) in [5.74, 6) is 0.375. The van der Waals surface area contributed by atoms with E-state index < -0.39 is 14.9 Å². The largest absolute Gasteiger partial charge is 0.494 e. The summed E-state index contributed by atoms with van der Waals surface area (Å²) in [6.45, 7) is 5.79. The van der Waals surface area contributed by atoms with E-state index in [0.29, 0.717) is 22.2 Å². The number of nitro groups is 1. The SMILES string of the molecule is COc1cc([N+](=O)[O-])ccc1-n1c(C)cc(C2C(c3ccccn3)NC(=S)N2c2ccc(NS(C)(=O)=O)c(C)c2)c1C. The van der Waals surface area contributed by atoms with Crippen molar-refractivity contribution in [2.24, 2.45) is 0 Å². The highest BCUT2D eigenvalue weighted by Gasteiger charge is 2.42. The summed E-state index contributed by atoms with van der Waals surface area (Å²) in [6.07, 6.45) is 2.85. The smallest absolute Gasteiger partial charge is 0.273 e. The van der Waals surface area contributed by atoms with Crippen LogP contribution in [0.1, 0.15) is 40.3 Å². The fraction of sp³-hybridized carbons (Fsp3) is 0.241. The first-order valence-electron chi connectivity index (χ1n) is 13.0. The van der Waals surface area contributed by atoms with Gasteiger partial charge in [0.2, 0.25) is 10.0 Å². The Morgan fingerprint density at radius 1 is 1.10 bits per heavy atom. The van der Waals surface area contributed by atoms with Gasteiger partial charge in [0.05, 0.1) is 53.5 Å². The molecule has 4 aromatic rings. The molecule has 1 saturated heterocycles. The Morgan fingerprint density at radius 2 is 1.86 bits per heavy atom. The number of benzene rings is 2. The van der Waals surface area contributed by atoms with E-state index in [1.807, 2.05) is 60.6 Å². The van der Waals surface area contributed by atoms with Crippen LogP contribution in [0.3, 0.4) is 0 Å². The van der Waals surface area contributed by atoms with Gasteiger partial charge in [0, 0.05) is 29.3 Å². The monoisotopic (exact) mass is 606 g/mol. The van der Waals surface area contributed by atoms with Crippen molar-refractivity contribution in [3.63, 3.8) is 0 Å². The third kappa shape index (κ3) is 5.40. The van der Waals surface area contributed by atoms with Crippen LogP contribution < -0.4 is 19.7 Å². The van der Waals surface area contributed by atoms with Gasteiger partial charge in [0.25, 0.3) is 5.69 Å². The maximum absolute atomic E-state index is 11.9. The molecule has 0 amide bonds. The number of ether oxygens (including phenoxy) is 1. The second kappa shape index (κ2) is 11.1. The summed E-state index contributed by atoms with van der Waals surface area (Å²) in [5.41, 5.74) is 6.18. The number of aryl methyl sites for hydroxylation is 2. The van der Waals surface area contributed by atoms with Crippen LogP contribution in [-0.2, 0) is 10.0 Å². The Kier molecular flexibility index (Phi) is 7.64. The Labute approximate surface area is 249 Å².